The summed E-state index contributed by atoms with van der Waals surface area (Å²) in [5, 5.41) is 12.7. The maximum absolute atomic E-state index is 13.8. The van der Waals surface area contributed by atoms with Gasteiger partial charge in [0.25, 0.3) is 0 Å². The van der Waals surface area contributed by atoms with E-state index in [0.29, 0.717) is 0 Å². The molecule has 2 rings (SSSR count). The van der Waals surface area contributed by atoms with Crippen LogP contribution in [0.25, 0.3) is 11.3 Å². The lowest BCUT2D eigenvalue weighted by molar-refractivity contribution is 0.0696. The summed E-state index contributed by atoms with van der Waals surface area (Å²) in [6.07, 6.45) is 0. The van der Waals surface area contributed by atoms with Crippen molar-refractivity contribution in [1.29, 1.82) is 0 Å². The Labute approximate surface area is 102 Å². The molecule has 0 radical (unpaired) electrons. The Bertz CT molecular complexity index is 606. The molecule has 1 aromatic carbocycles. The summed E-state index contributed by atoms with van der Waals surface area (Å²) in [7, 11) is 1.37. The molecule has 0 aliphatic rings. The van der Waals surface area contributed by atoms with Crippen molar-refractivity contribution in [3.8, 4) is 17.0 Å². The van der Waals surface area contributed by atoms with Crippen molar-refractivity contribution in [1.82, 2.24) is 5.16 Å². The van der Waals surface area contributed by atoms with Crippen LogP contribution in [0.5, 0.6) is 5.75 Å². The molecular formula is C12H10FNO4. The van der Waals surface area contributed by atoms with Gasteiger partial charge in [-0.3, -0.25) is 0 Å². The Morgan fingerprint density at radius 3 is 2.83 bits per heavy atom. The summed E-state index contributed by atoms with van der Waals surface area (Å²) in [6, 6.07) is 4.19. The van der Waals surface area contributed by atoms with Gasteiger partial charge in [-0.1, -0.05) is 11.2 Å². The van der Waals surface area contributed by atoms with Crippen LogP contribution in [0.15, 0.2) is 22.7 Å². The van der Waals surface area contributed by atoms with Gasteiger partial charge in [0.05, 0.1) is 12.7 Å². The SMILES string of the molecule is COc1cccc(F)c1-c1noc(C)c1C(=O)O. The van der Waals surface area contributed by atoms with Crippen molar-refractivity contribution in [2.24, 2.45) is 0 Å². The Morgan fingerprint density at radius 1 is 1.50 bits per heavy atom. The van der Waals surface area contributed by atoms with Gasteiger partial charge >= 0.3 is 5.97 Å². The summed E-state index contributed by atoms with van der Waals surface area (Å²) < 4.78 is 23.6. The smallest absolute Gasteiger partial charge is 0.341 e. The van der Waals surface area contributed by atoms with Crippen molar-refractivity contribution >= 4 is 5.97 Å². The van der Waals surface area contributed by atoms with Gasteiger partial charge in [0.15, 0.2) is 0 Å². The molecule has 0 bridgehead atoms. The van der Waals surface area contributed by atoms with Crippen molar-refractivity contribution in [2.75, 3.05) is 7.11 Å². The van der Waals surface area contributed by atoms with Crippen LogP contribution in [0.3, 0.4) is 0 Å². The number of carboxylic acids is 1. The highest BCUT2D eigenvalue weighted by Gasteiger charge is 2.25. The van der Waals surface area contributed by atoms with Crippen LogP contribution in [0.4, 0.5) is 4.39 Å². The molecule has 18 heavy (non-hydrogen) atoms. The summed E-state index contributed by atoms with van der Waals surface area (Å²) in [6.45, 7) is 1.45. The van der Waals surface area contributed by atoms with Crippen molar-refractivity contribution in [2.45, 2.75) is 6.92 Å². The van der Waals surface area contributed by atoms with Crippen LogP contribution in [0.2, 0.25) is 0 Å². The monoisotopic (exact) mass is 251 g/mol. The Hall–Kier alpha value is -2.37. The molecular weight excluding hydrogens is 241 g/mol. The molecule has 6 heteroatoms. The van der Waals surface area contributed by atoms with Crippen LogP contribution in [0, 0.1) is 12.7 Å². The van der Waals surface area contributed by atoms with E-state index in [9.17, 15) is 9.18 Å². The minimum Gasteiger partial charge on any atom is -0.496 e. The maximum atomic E-state index is 13.8. The first kappa shape index (κ1) is 12.1. The number of aromatic nitrogens is 1. The predicted molar refractivity (Wildman–Crippen MR) is 60.1 cm³/mol. The van der Waals surface area contributed by atoms with Crippen LogP contribution >= 0.6 is 0 Å². The number of nitrogens with zero attached hydrogens (tertiary/aromatic N) is 1. The minimum absolute atomic E-state index is 0.0192. The number of hydrogen-bond donors (Lipinski definition) is 1. The van der Waals surface area contributed by atoms with E-state index in [-0.39, 0.29) is 28.3 Å². The standard InChI is InChI=1S/C12H10FNO4/c1-6-9(12(15)16)11(14-18-6)10-7(13)4-3-5-8(10)17-2/h3-5H,1-2H3,(H,15,16). The van der Waals surface area contributed by atoms with Gasteiger partial charge in [0.2, 0.25) is 0 Å². The van der Waals surface area contributed by atoms with Gasteiger partial charge < -0.3 is 14.4 Å². The Balaban J connectivity index is 2.73. The summed E-state index contributed by atoms with van der Waals surface area (Å²) in [4.78, 5) is 11.1. The van der Waals surface area contributed by atoms with Crippen molar-refractivity contribution < 1.29 is 23.6 Å². The van der Waals surface area contributed by atoms with E-state index in [4.69, 9.17) is 14.4 Å². The molecule has 0 saturated carbocycles. The normalized spacial score (nSPS) is 10.4. The number of carbonyl (C=O) groups is 1. The molecule has 94 valence electrons. The van der Waals surface area contributed by atoms with E-state index in [2.05, 4.69) is 5.16 Å². The average Bonchev–Trinajstić information content (AvgIpc) is 2.70. The minimum atomic E-state index is -1.23. The third-order valence-corrected chi connectivity index (χ3v) is 2.51. The fourth-order valence-electron chi connectivity index (χ4n) is 1.70. The molecule has 0 unspecified atom stereocenters. The van der Waals surface area contributed by atoms with E-state index >= 15 is 0 Å². The lowest BCUT2D eigenvalue weighted by atomic mass is 10.0. The van der Waals surface area contributed by atoms with Gasteiger partial charge in [-0.05, 0) is 19.1 Å². The van der Waals surface area contributed by atoms with E-state index in [1.165, 1.54) is 32.2 Å². The Kier molecular flexibility index (Phi) is 3.01. The molecule has 2 aromatic rings. The number of methoxy groups -OCH3 is 1. The lowest BCUT2D eigenvalue weighted by Crippen LogP contribution is -2.01. The number of rotatable bonds is 3. The molecule has 0 aliphatic carbocycles. The molecule has 1 N–H and O–H groups in total. The number of halogens is 1. The van der Waals surface area contributed by atoms with E-state index in [1.807, 2.05) is 0 Å². The molecule has 0 saturated heterocycles. The summed E-state index contributed by atoms with van der Waals surface area (Å²) >= 11 is 0. The van der Waals surface area contributed by atoms with Gasteiger partial charge in [-0.25, -0.2) is 9.18 Å². The highest BCUT2D eigenvalue weighted by molar-refractivity contribution is 5.96. The molecule has 1 heterocycles. The molecule has 0 atom stereocenters. The zero-order valence-corrected chi connectivity index (χ0v) is 9.73. The summed E-state index contributed by atoms with van der Waals surface area (Å²) in [5.41, 5.74) is -0.261. The zero-order valence-electron chi connectivity index (χ0n) is 9.73. The number of hydrogen-bond acceptors (Lipinski definition) is 4. The van der Waals surface area contributed by atoms with Gasteiger partial charge in [0, 0.05) is 0 Å². The second-order valence-electron chi connectivity index (χ2n) is 3.58. The first-order valence-electron chi connectivity index (χ1n) is 5.08. The van der Waals surface area contributed by atoms with Crippen molar-refractivity contribution in [3.05, 3.63) is 35.3 Å². The second-order valence-corrected chi connectivity index (χ2v) is 3.58. The maximum Gasteiger partial charge on any atom is 0.341 e. The van der Waals surface area contributed by atoms with Crippen LogP contribution in [-0.4, -0.2) is 23.3 Å². The van der Waals surface area contributed by atoms with E-state index in [1.54, 1.807) is 0 Å². The fraction of sp³-hybridized carbons (Fsp3) is 0.167. The van der Waals surface area contributed by atoms with Crippen molar-refractivity contribution in [3.63, 3.8) is 0 Å². The lowest BCUT2D eigenvalue weighted by Gasteiger charge is -2.07. The Morgan fingerprint density at radius 2 is 2.22 bits per heavy atom. The number of aryl methyl sites for hydroxylation is 1. The largest absolute Gasteiger partial charge is 0.496 e. The fourth-order valence-corrected chi connectivity index (χ4v) is 1.70. The molecule has 5 nitrogen and oxygen atoms in total. The summed E-state index contributed by atoms with van der Waals surface area (Å²) in [5.74, 6) is -1.53. The average molecular weight is 251 g/mol. The molecule has 0 aliphatic heterocycles. The number of benzene rings is 1. The van der Waals surface area contributed by atoms with Gasteiger partial charge in [-0.2, -0.15) is 0 Å². The molecule has 0 amide bonds. The van der Waals surface area contributed by atoms with Gasteiger partial charge in [0.1, 0.15) is 28.6 Å². The highest BCUT2D eigenvalue weighted by atomic mass is 19.1. The predicted octanol–water partition coefficient (Wildman–Crippen LogP) is 2.50. The van der Waals surface area contributed by atoms with E-state index in [0.717, 1.165) is 0 Å². The molecule has 0 fully saturated rings. The highest BCUT2D eigenvalue weighted by Crippen LogP contribution is 2.34. The first-order valence-corrected chi connectivity index (χ1v) is 5.08. The van der Waals surface area contributed by atoms with Crippen LogP contribution in [0.1, 0.15) is 16.1 Å². The molecule has 0 spiro atoms. The quantitative estimate of drug-likeness (QED) is 0.907. The third-order valence-electron chi connectivity index (χ3n) is 2.51. The van der Waals surface area contributed by atoms with Crippen LogP contribution in [-0.2, 0) is 0 Å². The third kappa shape index (κ3) is 1.81. The number of aromatic carboxylic acids is 1. The number of carboxylic acid groups (broad SMARTS) is 1. The second kappa shape index (κ2) is 4.48. The molecule has 1 aromatic heterocycles. The zero-order chi connectivity index (χ0) is 13.3. The topological polar surface area (TPSA) is 72.6 Å². The van der Waals surface area contributed by atoms with E-state index < -0.39 is 11.8 Å². The van der Waals surface area contributed by atoms with Gasteiger partial charge in [-0.15, -0.1) is 0 Å². The van der Waals surface area contributed by atoms with Crippen LogP contribution < -0.4 is 4.74 Å². The number of ether oxygens (including phenoxy) is 1. The first-order chi connectivity index (χ1) is 8.56.